The molecule has 1 aliphatic heterocycles. The van der Waals surface area contributed by atoms with Crippen LogP contribution in [0.2, 0.25) is 0 Å². The van der Waals surface area contributed by atoms with Crippen LogP contribution >= 0.6 is 0 Å². The van der Waals surface area contributed by atoms with Crippen molar-refractivity contribution in [1.29, 1.82) is 0 Å². The lowest BCUT2D eigenvalue weighted by atomic mass is 10.2. The third-order valence-electron chi connectivity index (χ3n) is 4.91. The van der Waals surface area contributed by atoms with Crippen molar-refractivity contribution in [2.24, 2.45) is 4.99 Å². The van der Waals surface area contributed by atoms with Gasteiger partial charge in [0, 0.05) is 50.8 Å². The quantitative estimate of drug-likeness (QED) is 0.625. The standard InChI is InChI=1S/C18H26N6O2S/c1-14-20-8-9-24(14)16-15(6-5-7-21-16)12-22-17(19-4)23-10-11-27(25,26)18(2,3)13-23/h5-9H,10-13H2,1-4H3,(H,19,22). The highest BCUT2D eigenvalue weighted by Crippen LogP contribution is 2.23. The number of guanidine groups is 1. The number of sulfone groups is 1. The summed E-state index contributed by atoms with van der Waals surface area (Å²) in [6, 6.07) is 3.90. The van der Waals surface area contributed by atoms with E-state index in [4.69, 9.17) is 0 Å². The van der Waals surface area contributed by atoms with E-state index in [0.717, 1.165) is 17.2 Å². The molecule has 0 unspecified atom stereocenters. The maximum absolute atomic E-state index is 12.2. The number of aliphatic imine (C=N–C) groups is 1. The zero-order valence-electron chi connectivity index (χ0n) is 16.2. The number of aromatic nitrogens is 3. The second-order valence-electron chi connectivity index (χ2n) is 7.23. The van der Waals surface area contributed by atoms with Crippen molar-refractivity contribution in [3.63, 3.8) is 0 Å². The van der Waals surface area contributed by atoms with E-state index < -0.39 is 14.6 Å². The van der Waals surface area contributed by atoms with Crippen molar-refractivity contribution in [3.05, 3.63) is 42.1 Å². The van der Waals surface area contributed by atoms with Crippen molar-refractivity contribution in [1.82, 2.24) is 24.8 Å². The topological polar surface area (TPSA) is 92.5 Å². The molecule has 1 saturated heterocycles. The molecular formula is C18H26N6O2S. The fraction of sp³-hybridized carbons (Fsp3) is 0.500. The summed E-state index contributed by atoms with van der Waals surface area (Å²) < 4.78 is 25.6. The van der Waals surface area contributed by atoms with Gasteiger partial charge in [0.05, 0.1) is 10.5 Å². The monoisotopic (exact) mass is 390 g/mol. The van der Waals surface area contributed by atoms with E-state index in [1.807, 2.05) is 34.7 Å². The summed E-state index contributed by atoms with van der Waals surface area (Å²) in [6.45, 7) is 6.84. The Morgan fingerprint density at radius 2 is 2.11 bits per heavy atom. The van der Waals surface area contributed by atoms with Gasteiger partial charge in [-0.05, 0) is 26.8 Å². The molecule has 1 fully saturated rings. The minimum atomic E-state index is -3.09. The fourth-order valence-corrected chi connectivity index (χ4v) is 4.58. The van der Waals surface area contributed by atoms with Crippen LogP contribution in [-0.2, 0) is 16.4 Å². The Hall–Kier alpha value is -2.42. The lowest BCUT2D eigenvalue weighted by Crippen LogP contribution is -2.57. The van der Waals surface area contributed by atoms with Crippen LogP contribution in [0.3, 0.4) is 0 Å². The van der Waals surface area contributed by atoms with E-state index in [1.165, 1.54) is 0 Å². The summed E-state index contributed by atoms with van der Waals surface area (Å²) >= 11 is 0. The maximum atomic E-state index is 12.2. The molecule has 0 aromatic carbocycles. The largest absolute Gasteiger partial charge is 0.352 e. The SMILES string of the molecule is CN=C(NCc1cccnc1-n1ccnc1C)N1CCS(=O)(=O)C(C)(C)C1. The van der Waals surface area contributed by atoms with Gasteiger partial charge < -0.3 is 10.2 Å². The third-order valence-corrected chi connectivity index (χ3v) is 7.45. The maximum Gasteiger partial charge on any atom is 0.193 e. The molecule has 0 spiro atoms. The van der Waals surface area contributed by atoms with Gasteiger partial charge in [-0.25, -0.2) is 18.4 Å². The smallest absolute Gasteiger partial charge is 0.193 e. The van der Waals surface area contributed by atoms with Crippen LogP contribution in [0, 0.1) is 6.92 Å². The van der Waals surface area contributed by atoms with Crippen LogP contribution in [0.4, 0.5) is 0 Å². The summed E-state index contributed by atoms with van der Waals surface area (Å²) in [5.74, 6) is 2.50. The van der Waals surface area contributed by atoms with Crippen molar-refractivity contribution in [3.8, 4) is 5.82 Å². The Bertz CT molecular complexity index is 948. The Labute approximate surface area is 160 Å². The Morgan fingerprint density at radius 3 is 2.74 bits per heavy atom. The Morgan fingerprint density at radius 1 is 1.33 bits per heavy atom. The highest BCUT2D eigenvalue weighted by Gasteiger charge is 2.40. The predicted molar refractivity (Wildman–Crippen MR) is 106 cm³/mol. The first kappa shape index (κ1) is 19.3. The number of hydrogen-bond acceptors (Lipinski definition) is 5. The molecule has 0 aliphatic carbocycles. The van der Waals surface area contributed by atoms with Gasteiger partial charge in [-0.15, -0.1) is 0 Å². The summed E-state index contributed by atoms with van der Waals surface area (Å²) in [7, 11) is -1.38. The van der Waals surface area contributed by atoms with Crippen LogP contribution in [-0.4, -0.2) is 64.4 Å². The molecular weight excluding hydrogens is 364 g/mol. The van der Waals surface area contributed by atoms with Crippen LogP contribution in [0.15, 0.2) is 35.7 Å². The highest BCUT2D eigenvalue weighted by atomic mass is 32.2. The van der Waals surface area contributed by atoms with Crippen LogP contribution in [0.5, 0.6) is 0 Å². The van der Waals surface area contributed by atoms with Gasteiger partial charge in [0.1, 0.15) is 11.6 Å². The molecule has 27 heavy (non-hydrogen) atoms. The van der Waals surface area contributed by atoms with Gasteiger partial charge in [-0.2, -0.15) is 0 Å². The van der Waals surface area contributed by atoms with E-state index in [2.05, 4.69) is 20.3 Å². The summed E-state index contributed by atoms with van der Waals surface area (Å²) in [4.78, 5) is 15.1. The minimum Gasteiger partial charge on any atom is -0.352 e. The molecule has 0 bridgehead atoms. The molecule has 8 nitrogen and oxygen atoms in total. The zero-order valence-corrected chi connectivity index (χ0v) is 17.0. The van der Waals surface area contributed by atoms with E-state index in [0.29, 0.717) is 25.6 Å². The normalized spacial score (nSPS) is 19.1. The first-order chi connectivity index (χ1) is 12.7. The number of aryl methyl sites for hydroxylation is 1. The molecule has 0 atom stereocenters. The Balaban J connectivity index is 1.76. The number of nitrogens with one attached hydrogen (secondary N) is 1. The van der Waals surface area contributed by atoms with Crippen LogP contribution in [0.25, 0.3) is 5.82 Å². The van der Waals surface area contributed by atoms with Crippen LogP contribution < -0.4 is 5.32 Å². The summed E-state index contributed by atoms with van der Waals surface area (Å²) in [6.07, 6.45) is 5.38. The third kappa shape index (κ3) is 3.83. The van der Waals surface area contributed by atoms with Crippen LogP contribution in [0.1, 0.15) is 25.2 Å². The number of pyridine rings is 1. The first-order valence-corrected chi connectivity index (χ1v) is 10.5. The molecule has 2 aromatic heterocycles. The van der Waals surface area contributed by atoms with Crippen molar-refractivity contribution >= 4 is 15.8 Å². The molecule has 3 rings (SSSR count). The van der Waals surface area contributed by atoms with Gasteiger partial charge in [-0.3, -0.25) is 9.56 Å². The van der Waals surface area contributed by atoms with Gasteiger partial charge in [-0.1, -0.05) is 6.07 Å². The molecule has 9 heteroatoms. The number of rotatable bonds is 3. The lowest BCUT2D eigenvalue weighted by molar-refractivity contribution is 0.353. The van der Waals surface area contributed by atoms with E-state index in [-0.39, 0.29) is 5.75 Å². The average molecular weight is 391 g/mol. The minimum absolute atomic E-state index is 0.132. The summed E-state index contributed by atoms with van der Waals surface area (Å²) in [5, 5.41) is 3.35. The van der Waals surface area contributed by atoms with E-state index in [1.54, 1.807) is 33.3 Å². The molecule has 3 heterocycles. The van der Waals surface area contributed by atoms with Crippen molar-refractivity contribution < 1.29 is 8.42 Å². The second-order valence-corrected chi connectivity index (χ2v) is 9.97. The van der Waals surface area contributed by atoms with E-state index >= 15 is 0 Å². The first-order valence-electron chi connectivity index (χ1n) is 8.87. The molecule has 0 amide bonds. The molecule has 146 valence electrons. The molecule has 0 saturated carbocycles. The average Bonchev–Trinajstić information content (AvgIpc) is 3.04. The lowest BCUT2D eigenvalue weighted by Gasteiger charge is -2.39. The molecule has 1 N–H and O–H groups in total. The Kier molecular flexibility index (Phi) is 5.23. The van der Waals surface area contributed by atoms with Gasteiger partial charge in [0.25, 0.3) is 0 Å². The van der Waals surface area contributed by atoms with Crippen molar-refractivity contribution in [2.75, 3.05) is 25.9 Å². The van der Waals surface area contributed by atoms with Gasteiger partial charge in [0.2, 0.25) is 0 Å². The fourth-order valence-electron chi connectivity index (χ4n) is 3.22. The number of nitrogens with zero attached hydrogens (tertiary/aromatic N) is 5. The van der Waals surface area contributed by atoms with Gasteiger partial charge >= 0.3 is 0 Å². The zero-order chi connectivity index (χ0) is 19.7. The number of hydrogen-bond donors (Lipinski definition) is 1. The molecule has 1 aliphatic rings. The predicted octanol–water partition coefficient (Wildman–Crippen LogP) is 1.16. The van der Waals surface area contributed by atoms with Crippen molar-refractivity contribution in [2.45, 2.75) is 32.1 Å². The van der Waals surface area contributed by atoms with Gasteiger partial charge in [0.15, 0.2) is 15.8 Å². The van der Waals surface area contributed by atoms with E-state index in [9.17, 15) is 8.42 Å². The molecule has 2 aromatic rings. The summed E-state index contributed by atoms with van der Waals surface area (Å²) in [5.41, 5.74) is 1.00. The highest BCUT2D eigenvalue weighted by molar-refractivity contribution is 7.92. The molecule has 0 radical (unpaired) electrons. The second kappa shape index (κ2) is 7.30. The number of imidazole rings is 1.